The van der Waals surface area contributed by atoms with Crippen LogP contribution in [0.5, 0.6) is 0 Å². The van der Waals surface area contributed by atoms with E-state index in [2.05, 4.69) is 5.32 Å². The van der Waals surface area contributed by atoms with E-state index in [9.17, 15) is 14.4 Å². The van der Waals surface area contributed by atoms with E-state index in [1.807, 2.05) is 12.2 Å². The molecule has 0 radical (unpaired) electrons. The lowest BCUT2D eigenvalue weighted by atomic mass is 9.99. The van der Waals surface area contributed by atoms with Gasteiger partial charge in [-0.2, -0.15) is 0 Å². The van der Waals surface area contributed by atoms with Crippen molar-refractivity contribution in [3.63, 3.8) is 0 Å². The fraction of sp³-hybridized carbons (Fsp3) is 0.235. The van der Waals surface area contributed by atoms with Gasteiger partial charge in [0, 0.05) is 35.6 Å². The van der Waals surface area contributed by atoms with Crippen molar-refractivity contribution in [2.45, 2.75) is 13.3 Å². The summed E-state index contributed by atoms with van der Waals surface area (Å²) in [7, 11) is 0. The van der Waals surface area contributed by atoms with Gasteiger partial charge in [0.15, 0.2) is 0 Å². The molecule has 1 heterocycles. The highest BCUT2D eigenvalue weighted by Crippen LogP contribution is 2.49. The lowest BCUT2D eigenvalue weighted by molar-refractivity contribution is -0.121. The Morgan fingerprint density at radius 2 is 1.59 bits per heavy atom. The van der Waals surface area contributed by atoms with E-state index >= 15 is 0 Å². The molecule has 0 unspecified atom stereocenters. The normalized spacial score (nSPS) is 25.2. The van der Waals surface area contributed by atoms with Crippen LogP contribution in [-0.2, 0) is 14.4 Å². The minimum atomic E-state index is -0.205. The Hall–Kier alpha value is -2.69. The summed E-state index contributed by atoms with van der Waals surface area (Å²) in [6.45, 7) is 1.43. The largest absolute Gasteiger partial charge is 0.326 e. The first kappa shape index (κ1) is 13.0. The van der Waals surface area contributed by atoms with E-state index < -0.39 is 0 Å². The Bertz CT molecular complexity index is 740. The zero-order valence-corrected chi connectivity index (χ0v) is 12.0. The van der Waals surface area contributed by atoms with Gasteiger partial charge in [0.05, 0.1) is 5.69 Å². The Kier molecular flexibility index (Phi) is 2.60. The molecule has 0 aromatic heterocycles. The van der Waals surface area contributed by atoms with Crippen LogP contribution in [0.1, 0.15) is 13.3 Å². The Morgan fingerprint density at radius 1 is 1.05 bits per heavy atom. The molecule has 2 bridgehead atoms. The second-order valence-corrected chi connectivity index (χ2v) is 5.83. The van der Waals surface area contributed by atoms with Crippen LogP contribution in [0.25, 0.3) is 0 Å². The maximum Gasteiger partial charge on any atom is 0.262 e. The van der Waals surface area contributed by atoms with Crippen molar-refractivity contribution in [1.29, 1.82) is 0 Å². The first-order chi connectivity index (χ1) is 10.6. The number of nitrogens with one attached hydrogen (secondary N) is 1. The van der Waals surface area contributed by atoms with Crippen LogP contribution in [0.4, 0.5) is 11.4 Å². The fourth-order valence-electron chi connectivity index (χ4n) is 3.54. The maximum absolute atomic E-state index is 12.6. The molecule has 1 aromatic rings. The quantitative estimate of drug-likeness (QED) is 0.670. The number of hydrogen-bond donors (Lipinski definition) is 1. The summed E-state index contributed by atoms with van der Waals surface area (Å²) in [4.78, 5) is 37.5. The summed E-state index contributed by atoms with van der Waals surface area (Å²) in [6, 6.07) is 6.73. The highest BCUT2D eigenvalue weighted by molar-refractivity contribution is 6.34. The van der Waals surface area contributed by atoms with E-state index in [0.29, 0.717) is 22.5 Å². The van der Waals surface area contributed by atoms with Crippen LogP contribution in [0.2, 0.25) is 0 Å². The molecule has 0 fully saturated rings. The number of rotatable bonds is 2. The Labute approximate surface area is 127 Å². The molecule has 22 heavy (non-hydrogen) atoms. The smallest absolute Gasteiger partial charge is 0.262 e. The summed E-state index contributed by atoms with van der Waals surface area (Å²) < 4.78 is 0. The van der Waals surface area contributed by atoms with Crippen LogP contribution >= 0.6 is 0 Å². The van der Waals surface area contributed by atoms with Gasteiger partial charge in [-0.3, -0.25) is 14.4 Å². The predicted octanol–water partition coefficient (Wildman–Crippen LogP) is 2.02. The van der Waals surface area contributed by atoms with Gasteiger partial charge in [-0.15, -0.1) is 0 Å². The summed E-state index contributed by atoms with van der Waals surface area (Å²) in [5.41, 5.74) is 2.52. The third-order valence-corrected chi connectivity index (χ3v) is 4.43. The first-order valence-corrected chi connectivity index (χ1v) is 7.25. The zero-order chi connectivity index (χ0) is 15.4. The van der Waals surface area contributed by atoms with Crippen molar-refractivity contribution >= 4 is 29.1 Å². The molecular formula is C17H14N2O3. The number of anilines is 2. The Balaban J connectivity index is 1.64. The van der Waals surface area contributed by atoms with Crippen LogP contribution in [0, 0.1) is 11.8 Å². The predicted molar refractivity (Wildman–Crippen MR) is 81.0 cm³/mol. The monoisotopic (exact) mass is 294 g/mol. The molecule has 4 rings (SSSR count). The van der Waals surface area contributed by atoms with Crippen molar-refractivity contribution in [1.82, 2.24) is 0 Å². The number of carbonyl (C=O) groups excluding carboxylic acids is 3. The second-order valence-electron chi connectivity index (χ2n) is 5.83. The lowest BCUT2D eigenvalue weighted by Crippen LogP contribution is -2.33. The molecule has 0 spiro atoms. The minimum Gasteiger partial charge on any atom is -0.326 e. The average Bonchev–Trinajstić information content (AvgIpc) is 3.14. The third kappa shape index (κ3) is 1.68. The average molecular weight is 294 g/mol. The van der Waals surface area contributed by atoms with E-state index in [0.717, 1.165) is 6.42 Å². The lowest BCUT2D eigenvalue weighted by Gasteiger charge is -2.18. The topological polar surface area (TPSA) is 66.5 Å². The molecule has 5 nitrogen and oxygen atoms in total. The Morgan fingerprint density at radius 3 is 2.09 bits per heavy atom. The van der Waals surface area contributed by atoms with Gasteiger partial charge in [0.25, 0.3) is 11.8 Å². The first-order valence-electron chi connectivity index (χ1n) is 7.25. The SMILES string of the molecule is CC(=O)Nc1ccc(N2C(=O)C3=C(C2=O)[C@H]2C=C[C@H]3C2)cc1. The molecule has 3 aliphatic rings. The number of benzene rings is 1. The summed E-state index contributed by atoms with van der Waals surface area (Å²) in [6.07, 6.45) is 4.91. The number of allylic oxidation sites excluding steroid dienone is 2. The van der Waals surface area contributed by atoms with Gasteiger partial charge < -0.3 is 5.32 Å². The molecule has 110 valence electrons. The number of hydrogen-bond acceptors (Lipinski definition) is 3. The van der Waals surface area contributed by atoms with Crippen molar-refractivity contribution in [3.05, 3.63) is 47.6 Å². The molecule has 0 saturated heterocycles. The van der Waals surface area contributed by atoms with Gasteiger partial charge >= 0.3 is 0 Å². The molecule has 1 N–H and O–H groups in total. The van der Waals surface area contributed by atoms with E-state index in [1.54, 1.807) is 24.3 Å². The molecule has 1 aliphatic heterocycles. The second kappa shape index (κ2) is 4.40. The van der Waals surface area contributed by atoms with Gasteiger partial charge in [0.2, 0.25) is 5.91 Å². The summed E-state index contributed by atoms with van der Waals surface area (Å²) in [5, 5.41) is 2.66. The highest BCUT2D eigenvalue weighted by atomic mass is 16.2. The van der Waals surface area contributed by atoms with E-state index in [4.69, 9.17) is 0 Å². The number of carbonyl (C=O) groups is 3. The van der Waals surface area contributed by atoms with Gasteiger partial charge in [-0.25, -0.2) is 4.90 Å². The summed E-state index contributed by atoms with van der Waals surface area (Å²) in [5.74, 6) is -0.377. The van der Waals surface area contributed by atoms with Gasteiger partial charge in [-0.05, 0) is 30.7 Å². The number of amides is 3. The van der Waals surface area contributed by atoms with Crippen molar-refractivity contribution in [2.24, 2.45) is 11.8 Å². The van der Waals surface area contributed by atoms with Gasteiger partial charge in [-0.1, -0.05) is 12.2 Å². The van der Waals surface area contributed by atoms with Crippen LogP contribution in [-0.4, -0.2) is 17.7 Å². The van der Waals surface area contributed by atoms with Gasteiger partial charge in [0.1, 0.15) is 0 Å². The van der Waals surface area contributed by atoms with Crippen molar-refractivity contribution in [3.8, 4) is 0 Å². The zero-order valence-electron chi connectivity index (χ0n) is 12.0. The van der Waals surface area contributed by atoms with Crippen molar-refractivity contribution in [2.75, 3.05) is 10.2 Å². The van der Waals surface area contributed by atoms with Crippen LogP contribution in [0.15, 0.2) is 47.6 Å². The number of imide groups is 1. The van der Waals surface area contributed by atoms with E-state index in [1.165, 1.54) is 11.8 Å². The molecule has 0 saturated carbocycles. The standard InChI is InChI=1S/C17H14N2O3/c1-9(20)18-12-4-6-13(7-5-12)19-16(21)14-10-2-3-11(8-10)15(14)17(19)22/h2-7,10-11H,8H2,1H3,(H,18,20)/t10-,11-/m0/s1. The van der Waals surface area contributed by atoms with E-state index in [-0.39, 0.29) is 29.6 Å². The summed E-state index contributed by atoms with van der Waals surface area (Å²) >= 11 is 0. The number of nitrogens with zero attached hydrogens (tertiary/aromatic N) is 1. The molecule has 2 aliphatic carbocycles. The molecule has 1 aromatic carbocycles. The third-order valence-electron chi connectivity index (χ3n) is 4.43. The van der Waals surface area contributed by atoms with Crippen LogP contribution < -0.4 is 10.2 Å². The maximum atomic E-state index is 12.6. The minimum absolute atomic E-state index is 0.0973. The molecule has 2 atom stereocenters. The highest BCUT2D eigenvalue weighted by Gasteiger charge is 2.50. The fourth-order valence-corrected chi connectivity index (χ4v) is 3.54. The molecule has 5 heteroatoms. The number of fused-ring (bicyclic) bond motifs is 4. The molecular weight excluding hydrogens is 280 g/mol. The molecule has 3 amide bonds. The van der Waals surface area contributed by atoms with Crippen LogP contribution in [0.3, 0.4) is 0 Å². The van der Waals surface area contributed by atoms with Crippen molar-refractivity contribution < 1.29 is 14.4 Å².